The van der Waals surface area contributed by atoms with E-state index in [1.165, 1.54) is 28.3 Å². The molecule has 0 aliphatic heterocycles. The molecule has 0 aliphatic carbocycles. The first-order chi connectivity index (χ1) is 7.47. The quantitative estimate of drug-likeness (QED) is 0.316. The Kier molecular flexibility index (Phi) is 7.00. The number of amides is 1. The molecule has 8 heteroatoms. The van der Waals surface area contributed by atoms with Crippen molar-refractivity contribution in [3.05, 3.63) is 11.8 Å². The normalized spacial score (nSPS) is 12.4. The number of carbonyl (C=O) groups is 1. The summed E-state index contributed by atoms with van der Waals surface area (Å²) in [4.78, 5) is 11.2. The first-order valence-corrected chi connectivity index (χ1v) is 5.79. The Morgan fingerprint density at radius 1 is 1.31 bits per heavy atom. The lowest BCUT2D eigenvalue weighted by atomic mass is 10.4. The number of hydrogen-bond donors (Lipinski definition) is 1. The van der Waals surface area contributed by atoms with E-state index >= 15 is 0 Å². The lowest BCUT2D eigenvalue weighted by molar-refractivity contribution is -0.118. The summed E-state index contributed by atoms with van der Waals surface area (Å²) in [5, 5.41) is 2.40. The van der Waals surface area contributed by atoms with Crippen molar-refractivity contribution in [3.63, 3.8) is 0 Å². The Labute approximate surface area is 94.3 Å². The second-order valence-electron chi connectivity index (χ2n) is 2.63. The van der Waals surface area contributed by atoms with Crippen molar-refractivity contribution in [3.8, 4) is 0 Å². The van der Waals surface area contributed by atoms with Crippen molar-refractivity contribution in [2.75, 3.05) is 28.1 Å². The lowest BCUT2D eigenvalue weighted by Crippen LogP contribution is -2.23. The fraction of sp³-hybridized carbons (Fsp3) is 0.625. The minimum Gasteiger partial charge on any atom is -0.409 e. The molecule has 0 rings (SSSR count). The molecule has 0 spiro atoms. The van der Waals surface area contributed by atoms with E-state index in [0.717, 1.165) is 6.08 Å². The van der Waals surface area contributed by atoms with Crippen LogP contribution in [0.25, 0.3) is 0 Å². The van der Waals surface area contributed by atoms with Crippen LogP contribution in [0.15, 0.2) is 11.8 Å². The van der Waals surface area contributed by atoms with Gasteiger partial charge in [-0.15, -0.1) is 0 Å². The lowest BCUT2D eigenvalue weighted by Gasteiger charge is -2.14. The summed E-state index contributed by atoms with van der Waals surface area (Å²) in [6.45, 7) is 1.53. The van der Waals surface area contributed by atoms with Gasteiger partial charge in [0.05, 0.1) is 0 Å². The smallest absolute Gasteiger partial charge is 0.409 e. The number of hydrogen-bond acceptors (Lipinski definition) is 6. The number of methoxy groups -OCH3 is 1. The van der Waals surface area contributed by atoms with Crippen LogP contribution in [0.4, 0.5) is 0 Å². The third-order valence-corrected chi connectivity index (χ3v) is 2.83. The molecule has 1 N–H and O–H groups in total. The molecule has 7 nitrogen and oxygen atoms in total. The molecule has 0 saturated heterocycles. The number of nitrogens with one attached hydrogen (secondary N) is 1. The van der Waals surface area contributed by atoms with Crippen LogP contribution in [0.3, 0.4) is 0 Å². The molecular weight excluding hydrogens is 237 g/mol. The second-order valence-corrected chi connectivity index (χ2v) is 4.44. The maximum absolute atomic E-state index is 11.5. The number of allylic oxidation sites excluding steroid dienone is 1. The predicted molar refractivity (Wildman–Crippen MR) is 56.5 cm³/mol. The molecule has 94 valence electrons. The molecule has 0 atom stereocenters. The van der Waals surface area contributed by atoms with Crippen LogP contribution in [0, 0.1) is 0 Å². The topological polar surface area (TPSA) is 83.1 Å². The van der Waals surface area contributed by atoms with E-state index in [2.05, 4.69) is 19.1 Å². The largest absolute Gasteiger partial charge is 0.529 e. The number of phosphoric acid groups is 1. The molecule has 0 fully saturated rings. The molecule has 0 aromatic carbocycles. The Bertz CT molecular complexity index is 295. The predicted octanol–water partition coefficient (Wildman–Crippen LogP) is 1.03. The van der Waals surface area contributed by atoms with Gasteiger partial charge in [-0.3, -0.25) is 13.8 Å². The Hall–Kier alpha value is -0.880. The molecule has 0 saturated carbocycles. The van der Waals surface area contributed by atoms with Crippen LogP contribution < -0.4 is 5.32 Å². The Balaban J connectivity index is 4.33. The maximum atomic E-state index is 11.5. The summed E-state index contributed by atoms with van der Waals surface area (Å²) >= 11 is 0. The molecular formula is C8H16NO6P. The van der Waals surface area contributed by atoms with E-state index in [-0.39, 0.29) is 12.5 Å². The van der Waals surface area contributed by atoms with Gasteiger partial charge in [0.15, 0.2) is 0 Å². The van der Waals surface area contributed by atoms with Gasteiger partial charge in [-0.1, -0.05) is 0 Å². The molecule has 16 heavy (non-hydrogen) atoms. The molecule has 0 bridgehead atoms. The summed E-state index contributed by atoms with van der Waals surface area (Å²) < 4.78 is 30.0. The maximum Gasteiger partial charge on any atom is 0.529 e. The van der Waals surface area contributed by atoms with Crippen molar-refractivity contribution in [1.82, 2.24) is 5.32 Å². The fourth-order valence-corrected chi connectivity index (χ4v) is 1.43. The number of carbonyl (C=O) groups excluding carboxylic acids is 1. The average Bonchev–Trinajstić information content (AvgIpc) is 2.25. The molecule has 0 aromatic heterocycles. The summed E-state index contributed by atoms with van der Waals surface area (Å²) in [5.41, 5.74) is 0. The zero-order valence-corrected chi connectivity index (χ0v) is 10.6. The van der Waals surface area contributed by atoms with Crippen LogP contribution in [-0.2, 0) is 27.7 Å². The molecule has 0 radical (unpaired) electrons. The van der Waals surface area contributed by atoms with Gasteiger partial charge in [-0.05, 0) is 6.92 Å². The standard InChI is InChI=1S/C8H16NO6P/c1-7(5-8(10)9-6-12-2)15-16(11,13-3)14-4/h5H,6H2,1-4H3,(H,9,10)/b7-5+. The third kappa shape index (κ3) is 5.87. The van der Waals surface area contributed by atoms with Crippen LogP contribution in [0.2, 0.25) is 0 Å². The number of rotatable bonds is 7. The van der Waals surface area contributed by atoms with Crippen LogP contribution >= 0.6 is 7.82 Å². The first kappa shape index (κ1) is 15.1. The van der Waals surface area contributed by atoms with Gasteiger partial charge in [0.1, 0.15) is 12.5 Å². The van der Waals surface area contributed by atoms with E-state index in [9.17, 15) is 9.36 Å². The zero-order chi connectivity index (χ0) is 12.6. The number of ether oxygens (including phenoxy) is 1. The van der Waals surface area contributed by atoms with Crippen LogP contribution in [0.5, 0.6) is 0 Å². The molecule has 0 heterocycles. The minimum absolute atomic E-state index is 0.0782. The summed E-state index contributed by atoms with van der Waals surface area (Å²) in [6.07, 6.45) is 1.11. The Morgan fingerprint density at radius 2 is 1.88 bits per heavy atom. The second kappa shape index (κ2) is 7.40. The van der Waals surface area contributed by atoms with E-state index in [1.54, 1.807) is 0 Å². The van der Waals surface area contributed by atoms with E-state index < -0.39 is 13.7 Å². The highest BCUT2D eigenvalue weighted by Gasteiger charge is 2.24. The molecule has 1 amide bonds. The van der Waals surface area contributed by atoms with E-state index in [0.29, 0.717) is 0 Å². The van der Waals surface area contributed by atoms with Gasteiger partial charge in [0.2, 0.25) is 5.91 Å². The van der Waals surface area contributed by atoms with Crippen molar-refractivity contribution in [2.24, 2.45) is 0 Å². The summed E-state index contributed by atoms with van der Waals surface area (Å²) in [5.74, 6) is -0.321. The monoisotopic (exact) mass is 253 g/mol. The van der Waals surface area contributed by atoms with Crippen LogP contribution in [0.1, 0.15) is 6.92 Å². The average molecular weight is 253 g/mol. The van der Waals surface area contributed by atoms with E-state index in [4.69, 9.17) is 4.52 Å². The van der Waals surface area contributed by atoms with Crippen molar-refractivity contribution >= 4 is 13.7 Å². The number of phosphoric ester groups is 1. The molecule has 0 aliphatic rings. The van der Waals surface area contributed by atoms with Crippen molar-refractivity contribution in [1.29, 1.82) is 0 Å². The molecule has 0 unspecified atom stereocenters. The zero-order valence-electron chi connectivity index (χ0n) is 9.68. The summed E-state index contributed by atoms with van der Waals surface area (Å²) in [7, 11) is 0.209. The highest BCUT2D eigenvalue weighted by molar-refractivity contribution is 7.48. The highest BCUT2D eigenvalue weighted by atomic mass is 31.2. The van der Waals surface area contributed by atoms with Gasteiger partial charge < -0.3 is 14.6 Å². The first-order valence-electron chi connectivity index (χ1n) is 4.33. The van der Waals surface area contributed by atoms with Gasteiger partial charge in [-0.25, -0.2) is 4.57 Å². The Morgan fingerprint density at radius 3 is 2.31 bits per heavy atom. The van der Waals surface area contributed by atoms with Gasteiger partial charge >= 0.3 is 7.82 Å². The SMILES string of the molecule is COCNC(=O)/C=C(\C)OP(=O)(OC)OC. The van der Waals surface area contributed by atoms with Gasteiger partial charge in [-0.2, -0.15) is 0 Å². The van der Waals surface area contributed by atoms with Crippen LogP contribution in [-0.4, -0.2) is 34.0 Å². The fourth-order valence-electron chi connectivity index (χ4n) is 0.731. The van der Waals surface area contributed by atoms with Gasteiger partial charge in [0, 0.05) is 27.4 Å². The molecule has 0 aromatic rings. The van der Waals surface area contributed by atoms with Crippen molar-refractivity contribution in [2.45, 2.75) is 6.92 Å². The highest BCUT2D eigenvalue weighted by Crippen LogP contribution is 2.49. The van der Waals surface area contributed by atoms with Gasteiger partial charge in [0.25, 0.3) is 0 Å². The summed E-state index contributed by atoms with van der Waals surface area (Å²) in [6, 6.07) is 0. The minimum atomic E-state index is -3.60. The third-order valence-electron chi connectivity index (χ3n) is 1.43. The van der Waals surface area contributed by atoms with Crippen molar-refractivity contribution < 1.29 is 27.7 Å². The van der Waals surface area contributed by atoms with E-state index in [1.807, 2.05) is 0 Å².